The van der Waals surface area contributed by atoms with E-state index in [0.717, 1.165) is 17.5 Å². The maximum absolute atomic E-state index is 5.83. The van der Waals surface area contributed by atoms with Crippen molar-refractivity contribution >= 4 is 23.4 Å². The monoisotopic (exact) mass is 252 g/mol. The molecule has 1 atom stereocenters. The Balaban J connectivity index is 2.29. The molecule has 17 heavy (non-hydrogen) atoms. The highest BCUT2D eigenvalue weighted by molar-refractivity contribution is 7.98. The third-order valence-corrected chi connectivity index (χ3v) is 3.81. The number of nitrogens with two attached hydrogens (primary N) is 1. The average Bonchev–Trinajstić information content (AvgIpc) is 2.77. The summed E-state index contributed by atoms with van der Waals surface area (Å²) in [5.74, 6) is 2.19. The van der Waals surface area contributed by atoms with E-state index in [4.69, 9.17) is 5.73 Å². The Bertz CT molecular complexity index is 394. The van der Waals surface area contributed by atoms with Crippen molar-refractivity contribution in [3.63, 3.8) is 0 Å². The maximum Gasteiger partial charge on any atom is 0.191 e. The van der Waals surface area contributed by atoms with Crippen LogP contribution < -0.4 is 10.6 Å². The first-order valence-electron chi connectivity index (χ1n) is 6.07. The van der Waals surface area contributed by atoms with Crippen LogP contribution in [0.1, 0.15) is 26.7 Å². The smallest absolute Gasteiger partial charge is 0.191 e. The van der Waals surface area contributed by atoms with Crippen molar-refractivity contribution in [1.29, 1.82) is 0 Å². The van der Waals surface area contributed by atoms with Crippen LogP contribution in [0.5, 0.6) is 0 Å². The van der Waals surface area contributed by atoms with Gasteiger partial charge in [0.2, 0.25) is 0 Å². The van der Waals surface area contributed by atoms with Crippen molar-refractivity contribution in [2.45, 2.75) is 37.9 Å². The summed E-state index contributed by atoms with van der Waals surface area (Å²) in [5, 5.41) is 0.759. The summed E-state index contributed by atoms with van der Waals surface area (Å²) in [6.45, 7) is 5.61. The van der Waals surface area contributed by atoms with Crippen LogP contribution in [-0.4, -0.2) is 28.8 Å². The van der Waals surface area contributed by atoms with Crippen molar-refractivity contribution < 1.29 is 0 Å². The van der Waals surface area contributed by atoms with Crippen LogP contribution in [0.4, 0.5) is 11.6 Å². The Morgan fingerprint density at radius 1 is 1.47 bits per heavy atom. The molecule has 2 rings (SSSR count). The van der Waals surface area contributed by atoms with Crippen LogP contribution in [0.15, 0.2) is 11.2 Å². The molecular weight excluding hydrogens is 232 g/mol. The van der Waals surface area contributed by atoms with Crippen LogP contribution in [-0.2, 0) is 0 Å². The van der Waals surface area contributed by atoms with Crippen LogP contribution in [0.25, 0.3) is 0 Å². The van der Waals surface area contributed by atoms with Crippen LogP contribution in [0.2, 0.25) is 0 Å². The van der Waals surface area contributed by atoms with Crippen LogP contribution in [0, 0.1) is 5.92 Å². The fraction of sp³-hybridized carbons (Fsp3) is 0.667. The number of aromatic nitrogens is 2. The van der Waals surface area contributed by atoms with Gasteiger partial charge in [0.05, 0.1) is 0 Å². The Kier molecular flexibility index (Phi) is 3.76. The second-order valence-electron chi connectivity index (χ2n) is 4.78. The second-order valence-corrected chi connectivity index (χ2v) is 5.56. The molecule has 1 aromatic rings. The number of rotatable bonds is 3. The predicted molar refractivity (Wildman–Crippen MR) is 73.4 cm³/mol. The lowest BCUT2D eigenvalue weighted by atomic mass is 10.0. The van der Waals surface area contributed by atoms with Gasteiger partial charge in [0, 0.05) is 18.7 Å². The average molecular weight is 252 g/mol. The van der Waals surface area contributed by atoms with E-state index >= 15 is 0 Å². The van der Waals surface area contributed by atoms with Gasteiger partial charge in [0.25, 0.3) is 0 Å². The second kappa shape index (κ2) is 5.12. The summed E-state index contributed by atoms with van der Waals surface area (Å²) in [6.07, 6.45) is 4.46. The quantitative estimate of drug-likeness (QED) is 0.661. The number of nitrogens with zero attached hydrogens (tertiary/aromatic N) is 3. The lowest BCUT2D eigenvalue weighted by Gasteiger charge is -2.28. The van der Waals surface area contributed by atoms with E-state index in [1.165, 1.54) is 24.6 Å². The fourth-order valence-corrected chi connectivity index (χ4v) is 2.82. The third-order valence-electron chi connectivity index (χ3n) is 3.26. The van der Waals surface area contributed by atoms with Gasteiger partial charge in [-0.3, -0.25) is 0 Å². The zero-order chi connectivity index (χ0) is 12.4. The Morgan fingerprint density at radius 2 is 2.24 bits per heavy atom. The molecule has 4 nitrogen and oxygen atoms in total. The first-order valence-corrected chi connectivity index (χ1v) is 7.29. The first-order chi connectivity index (χ1) is 8.11. The number of hydrogen-bond donors (Lipinski definition) is 1. The van der Waals surface area contributed by atoms with Crippen molar-refractivity contribution in [2.75, 3.05) is 23.4 Å². The third kappa shape index (κ3) is 2.65. The Labute approximate surface area is 107 Å². The van der Waals surface area contributed by atoms with Crippen LogP contribution in [0.3, 0.4) is 0 Å². The zero-order valence-corrected chi connectivity index (χ0v) is 11.5. The lowest BCUT2D eigenvalue weighted by molar-refractivity contribution is 0.489. The van der Waals surface area contributed by atoms with E-state index < -0.39 is 0 Å². The van der Waals surface area contributed by atoms with Gasteiger partial charge >= 0.3 is 0 Å². The molecule has 2 heterocycles. The molecule has 0 bridgehead atoms. The Hall–Kier alpha value is -0.970. The SMILES string of the molecule is CSc1nc(N)cc(N2CCCC2C(C)C)n1. The molecule has 1 aromatic heterocycles. The molecule has 0 spiro atoms. The highest BCUT2D eigenvalue weighted by atomic mass is 32.2. The molecule has 1 fully saturated rings. The molecule has 1 unspecified atom stereocenters. The van der Waals surface area contributed by atoms with E-state index in [-0.39, 0.29) is 0 Å². The van der Waals surface area contributed by atoms with Gasteiger partial charge in [-0.15, -0.1) is 0 Å². The van der Waals surface area contributed by atoms with Gasteiger partial charge in [-0.25, -0.2) is 9.97 Å². The molecule has 0 amide bonds. The molecule has 0 aromatic carbocycles. The number of anilines is 2. The van der Waals surface area contributed by atoms with E-state index in [9.17, 15) is 0 Å². The highest BCUT2D eigenvalue weighted by Crippen LogP contribution is 2.29. The van der Waals surface area contributed by atoms with E-state index in [1.54, 1.807) is 0 Å². The molecule has 0 radical (unpaired) electrons. The van der Waals surface area contributed by atoms with Gasteiger partial charge in [-0.05, 0) is 25.0 Å². The molecule has 1 saturated heterocycles. The summed E-state index contributed by atoms with van der Waals surface area (Å²) in [4.78, 5) is 11.1. The minimum Gasteiger partial charge on any atom is -0.383 e. The maximum atomic E-state index is 5.83. The summed E-state index contributed by atoms with van der Waals surface area (Å²) in [6, 6.07) is 2.47. The van der Waals surface area contributed by atoms with Crippen molar-refractivity contribution in [3.8, 4) is 0 Å². The van der Waals surface area contributed by atoms with E-state index in [1.807, 2.05) is 12.3 Å². The predicted octanol–water partition coefficient (Wildman–Crippen LogP) is 2.41. The summed E-state index contributed by atoms with van der Waals surface area (Å²) in [5.41, 5.74) is 5.83. The largest absolute Gasteiger partial charge is 0.383 e. The van der Waals surface area contributed by atoms with Gasteiger partial charge < -0.3 is 10.6 Å². The Morgan fingerprint density at radius 3 is 2.88 bits per heavy atom. The van der Waals surface area contributed by atoms with E-state index in [0.29, 0.717) is 17.8 Å². The zero-order valence-electron chi connectivity index (χ0n) is 10.7. The number of thioether (sulfide) groups is 1. The lowest BCUT2D eigenvalue weighted by Crippen LogP contribution is -2.34. The fourth-order valence-electron chi connectivity index (χ4n) is 2.44. The molecular formula is C12H20N4S. The topological polar surface area (TPSA) is 55.0 Å². The van der Waals surface area contributed by atoms with E-state index in [2.05, 4.69) is 28.7 Å². The molecule has 94 valence electrons. The molecule has 1 aliphatic heterocycles. The highest BCUT2D eigenvalue weighted by Gasteiger charge is 2.28. The summed E-state index contributed by atoms with van der Waals surface area (Å²) < 4.78 is 0. The normalized spacial score (nSPS) is 20.2. The minimum atomic E-state index is 0.564. The van der Waals surface area contributed by atoms with Crippen molar-refractivity contribution in [1.82, 2.24) is 9.97 Å². The summed E-state index contributed by atoms with van der Waals surface area (Å²) >= 11 is 1.54. The van der Waals surface area contributed by atoms with Gasteiger partial charge in [0.15, 0.2) is 5.16 Å². The molecule has 2 N–H and O–H groups in total. The minimum absolute atomic E-state index is 0.564. The molecule has 0 saturated carbocycles. The van der Waals surface area contributed by atoms with Gasteiger partial charge in [0.1, 0.15) is 11.6 Å². The van der Waals surface area contributed by atoms with Crippen molar-refractivity contribution in [3.05, 3.63) is 6.07 Å². The van der Waals surface area contributed by atoms with Gasteiger partial charge in [-0.2, -0.15) is 0 Å². The first kappa shape index (κ1) is 12.5. The number of nitrogen functional groups attached to an aromatic ring is 1. The van der Waals surface area contributed by atoms with Crippen molar-refractivity contribution in [2.24, 2.45) is 5.92 Å². The summed E-state index contributed by atoms with van der Waals surface area (Å²) in [7, 11) is 0. The molecule has 1 aliphatic rings. The standard InChI is InChI=1S/C12H20N4S/c1-8(2)9-5-4-6-16(9)11-7-10(13)14-12(15-11)17-3/h7-9H,4-6H2,1-3H3,(H2,13,14,15). The number of hydrogen-bond acceptors (Lipinski definition) is 5. The van der Waals surface area contributed by atoms with Gasteiger partial charge in [-0.1, -0.05) is 25.6 Å². The molecule has 5 heteroatoms. The van der Waals surface area contributed by atoms with Crippen LogP contribution >= 0.6 is 11.8 Å². The molecule has 0 aliphatic carbocycles.